The molecule has 2 aromatic carbocycles. The normalized spacial score (nSPS) is 35.9. The van der Waals surface area contributed by atoms with Gasteiger partial charge in [-0.1, -0.05) is 12.1 Å². The number of hydrogen-bond donors (Lipinski definition) is 12. The maximum atomic E-state index is 13.3. The van der Waals surface area contributed by atoms with E-state index in [2.05, 4.69) is 0 Å². The van der Waals surface area contributed by atoms with E-state index in [4.69, 9.17) is 37.9 Å². The van der Waals surface area contributed by atoms with Crippen LogP contribution in [-0.2, 0) is 44.4 Å². The maximum Gasteiger partial charge on any atom is 0.331 e. The summed E-state index contributed by atoms with van der Waals surface area (Å²) in [7, 11) is 1.37. The zero-order valence-corrected chi connectivity index (χ0v) is 30.4. The standard InChI is InChI=1S/C36H48O21/c1-50-20-6-3-16(11-19(20)42)8-9-51-36-33(57-35-30(49)28(47)26(45)22(13-38)53-35)32(56-34-29(48)27(46)25(44)21(12-37)52-34)31(23(14-39)54-36)55-24(43)7-4-15-2-5-17(40)18(41)10-15/h2-7,10-11,21-23,25-42,44-49H,8-9,12-14H2,1H3/b7-4+/t21-,22-,23-,25-,26-,27+,28+,29-,30-,31-,32+,33-,34+,35+,36-/m1/s1. The van der Waals surface area contributed by atoms with Gasteiger partial charge in [-0.3, -0.25) is 0 Å². The third kappa shape index (κ3) is 10.3. The molecule has 0 spiro atoms. The molecule has 0 radical (unpaired) electrons. The van der Waals surface area contributed by atoms with Crippen LogP contribution in [0.25, 0.3) is 6.08 Å². The second-order valence-electron chi connectivity index (χ2n) is 13.4. The first-order chi connectivity index (χ1) is 27.2. The van der Waals surface area contributed by atoms with Crippen molar-refractivity contribution in [1.29, 1.82) is 0 Å². The average Bonchev–Trinajstić information content (AvgIpc) is 3.20. The minimum atomic E-state index is -2.02. The van der Waals surface area contributed by atoms with Gasteiger partial charge >= 0.3 is 5.97 Å². The Morgan fingerprint density at radius 2 is 1.23 bits per heavy atom. The summed E-state index contributed by atoms with van der Waals surface area (Å²) >= 11 is 0. The average molecular weight is 817 g/mol. The number of aliphatic hydroxyl groups is 9. The van der Waals surface area contributed by atoms with Crippen molar-refractivity contribution in [2.45, 2.75) is 98.5 Å². The van der Waals surface area contributed by atoms with Crippen molar-refractivity contribution in [1.82, 2.24) is 0 Å². The van der Waals surface area contributed by atoms with Gasteiger partial charge in [-0.25, -0.2) is 4.79 Å². The molecular formula is C36H48O21. The van der Waals surface area contributed by atoms with Crippen LogP contribution in [0.1, 0.15) is 11.1 Å². The van der Waals surface area contributed by atoms with Crippen molar-refractivity contribution in [2.75, 3.05) is 33.5 Å². The number of aliphatic hydroxyl groups excluding tert-OH is 9. The highest BCUT2D eigenvalue weighted by molar-refractivity contribution is 5.87. The number of phenols is 3. The topological polar surface area (TPSA) is 334 Å². The molecule has 318 valence electrons. The number of phenolic OH excluding ortho intramolecular Hbond substituents is 3. The summed E-state index contributed by atoms with van der Waals surface area (Å²) in [6.45, 7) is -2.79. The molecule has 0 aliphatic carbocycles. The van der Waals surface area contributed by atoms with Gasteiger partial charge in [0.25, 0.3) is 0 Å². The molecule has 3 saturated heterocycles. The van der Waals surface area contributed by atoms with E-state index < -0.39 is 129 Å². The van der Waals surface area contributed by atoms with Gasteiger partial charge in [0.15, 0.2) is 48.0 Å². The molecule has 3 aliphatic heterocycles. The van der Waals surface area contributed by atoms with Crippen LogP contribution in [0.3, 0.4) is 0 Å². The van der Waals surface area contributed by atoms with Crippen LogP contribution in [0.4, 0.5) is 0 Å². The molecule has 15 atom stereocenters. The van der Waals surface area contributed by atoms with Gasteiger partial charge in [-0.2, -0.15) is 0 Å². The van der Waals surface area contributed by atoms with Crippen molar-refractivity contribution >= 4 is 12.0 Å². The van der Waals surface area contributed by atoms with E-state index in [-0.39, 0.29) is 30.1 Å². The summed E-state index contributed by atoms with van der Waals surface area (Å²) in [5.74, 6) is -1.97. The lowest BCUT2D eigenvalue weighted by molar-refractivity contribution is -0.391. The summed E-state index contributed by atoms with van der Waals surface area (Å²) in [6, 6.07) is 8.23. The summed E-state index contributed by atoms with van der Waals surface area (Å²) in [6.07, 6.45) is -24.6. The van der Waals surface area contributed by atoms with Gasteiger partial charge in [-0.15, -0.1) is 0 Å². The third-order valence-corrected chi connectivity index (χ3v) is 9.63. The zero-order valence-electron chi connectivity index (χ0n) is 30.4. The fraction of sp³-hybridized carbons (Fsp3) is 0.583. The van der Waals surface area contributed by atoms with Gasteiger partial charge in [0, 0.05) is 6.08 Å². The molecule has 21 heteroatoms. The Kier molecular flexibility index (Phi) is 15.4. The molecule has 0 saturated carbocycles. The van der Waals surface area contributed by atoms with E-state index in [1.807, 2.05) is 0 Å². The molecular weight excluding hydrogens is 768 g/mol. The number of rotatable bonds is 15. The monoisotopic (exact) mass is 816 g/mol. The van der Waals surface area contributed by atoms with Crippen LogP contribution < -0.4 is 4.74 Å². The lowest BCUT2D eigenvalue weighted by atomic mass is 9.95. The van der Waals surface area contributed by atoms with Crippen molar-refractivity contribution in [3.05, 3.63) is 53.6 Å². The van der Waals surface area contributed by atoms with Gasteiger partial charge in [0.2, 0.25) is 0 Å². The highest BCUT2D eigenvalue weighted by atomic mass is 16.8. The maximum absolute atomic E-state index is 13.3. The van der Waals surface area contributed by atoms with Crippen molar-refractivity contribution in [3.8, 4) is 23.0 Å². The number of benzene rings is 2. The molecule has 3 heterocycles. The molecule has 12 N–H and O–H groups in total. The fourth-order valence-electron chi connectivity index (χ4n) is 6.44. The highest BCUT2D eigenvalue weighted by Gasteiger charge is 2.56. The molecule has 3 aliphatic rings. The molecule has 0 bridgehead atoms. The van der Waals surface area contributed by atoms with Crippen LogP contribution in [-0.4, -0.2) is 193 Å². The van der Waals surface area contributed by atoms with Crippen LogP contribution in [0.15, 0.2) is 42.5 Å². The van der Waals surface area contributed by atoms with Crippen molar-refractivity contribution in [3.63, 3.8) is 0 Å². The van der Waals surface area contributed by atoms with E-state index in [9.17, 15) is 66.1 Å². The highest BCUT2D eigenvalue weighted by Crippen LogP contribution is 2.36. The largest absolute Gasteiger partial charge is 0.504 e. The number of carbonyl (C=O) groups excluding carboxylic acids is 1. The Morgan fingerprint density at radius 1 is 0.649 bits per heavy atom. The SMILES string of the molecule is COc1ccc(CCO[C@@H]2O[C@H](CO)[C@@H](OC(=O)/C=C/c3ccc(O)c(O)c3)[C@H](O[C@@H]3O[C@H](CO)[C@@H](O)[C@H](O)[C@H]3O)[C@H]2O[C@@H]2O[C@H](CO)[C@@H](O)[C@H](O)[C@H]2O)cc1O. The van der Waals surface area contributed by atoms with E-state index in [1.165, 1.54) is 37.5 Å². The van der Waals surface area contributed by atoms with E-state index in [1.54, 1.807) is 6.07 Å². The first-order valence-corrected chi connectivity index (χ1v) is 17.8. The Morgan fingerprint density at radius 3 is 1.77 bits per heavy atom. The Labute approximate surface area is 324 Å². The minimum Gasteiger partial charge on any atom is -0.504 e. The Hall–Kier alpha value is -3.75. The second-order valence-corrected chi connectivity index (χ2v) is 13.4. The van der Waals surface area contributed by atoms with Crippen LogP contribution in [0.5, 0.6) is 23.0 Å². The zero-order chi connectivity index (χ0) is 41.6. The summed E-state index contributed by atoms with van der Waals surface area (Å²) < 4.78 is 46.1. The van der Waals surface area contributed by atoms with E-state index >= 15 is 0 Å². The second kappa shape index (κ2) is 19.8. The molecule has 0 amide bonds. The van der Waals surface area contributed by atoms with Gasteiger partial charge in [0.1, 0.15) is 67.1 Å². The molecule has 57 heavy (non-hydrogen) atoms. The molecule has 0 aromatic heterocycles. The van der Waals surface area contributed by atoms with Gasteiger partial charge < -0.3 is 99.2 Å². The number of carbonyl (C=O) groups is 1. The smallest absolute Gasteiger partial charge is 0.331 e. The van der Waals surface area contributed by atoms with Gasteiger partial charge in [0.05, 0.1) is 33.5 Å². The number of methoxy groups -OCH3 is 1. The molecule has 0 unspecified atom stereocenters. The van der Waals surface area contributed by atoms with E-state index in [0.29, 0.717) is 5.56 Å². The van der Waals surface area contributed by atoms with Crippen molar-refractivity contribution in [2.24, 2.45) is 0 Å². The van der Waals surface area contributed by atoms with E-state index in [0.717, 1.165) is 12.1 Å². The quantitative estimate of drug-likeness (QED) is 0.0464. The first-order valence-electron chi connectivity index (χ1n) is 17.8. The van der Waals surface area contributed by atoms with Crippen LogP contribution >= 0.6 is 0 Å². The lowest BCUT2D eigenvalue weighted by Crippen LogP contribution is -2.67. The molecule has 21 nitrogen and oxygen atoms in total. The summed E-state index contributed by atoms with van der Waals surface area (Å²) in [5.41, 5.74) is 0.807. The van der Waals surface area contributed by atoms with Gasteiger partial charge in [-0.05, 0) is 47.9 Å². The van der Waals surface area contributed by atoms with Crippen LogP contribution in [0, 0.1) is 0 Å². The molecule has 5 rings (SSSR count). The fourth-order valence-corrected chi connectivity index (χ4v) is 6.44. The third-order valence-electron chi connectivity index (χ3n) is 9.63. The number of esters is 1. The predicted octanol–water partition coefficient (Wildman–Crippen LogP) is -3.92. The number of aromatic hydroxyl groups is 3. The lowest BCUT2D eigenvalue weighted by Gasteiger charge is -2.49. The number of hydrogen-bond acceptors (Lipinski definition) is 21. The number of ether oxygens (including phenoxy) is 8. The molecule has 3 fully saturated rings. The first kappa shape index (κ1) is 44.4. The summed E-state index contributed by atoms with van der Waals surface area (Å²) in [5, 5.41) is 124. The Balaban J connectivity index is 1.51. The van der Waals surface area contributed by atoms with Crippen LogP contribution in [0.2, 0.25) is 0 Å². The molecule has 2 aromatic rings. The minimum absolute atomic E-state index is 0.113. The summed E-state index contributed by atoms with van der Waals surface area (Å²) in [4.78, 5) is 13.3. The predicted molar refractivity (Wildman–Crippen MR) is 186 cm³/mol. The Bertz CT molecular complexity index is 1640. The van der Waals surface area contributed by atoms with Crippen molar-refractivity contribution < 1.29 is 104 Å².